The first-order valence-corrected chi connectivity index (χ1v) is 11.7. The van der Waals surface area contributed by atoms with E-state index in [1.807, 2.05) is 6.92 Å². The van der Waals surface area contributed by atoms with Crippen LogP contribution in [0.15, 0.2) is 29.2 Å². The van der Waals surface area contributed by atoms with Gasteiger partial charge in [0, 0.05) is 13.2 Å². The molecular formula is C21H35NO8S. The number of carbonyl (C=O) groups excluding carboxylic acids is 1. The molecule has 1 rings (SSSR count). The standard InChI is InChI=1S/C21H35NO8S/c1-18-6-8-19(9-7-18)31(24,25)29-12-5-11-26-14-16-28-17-15-27-13-10-22-20(23)30-21(2,3)4/h6-9H,5,10-17H2,1-4H3,(H,22,23). The second-order valence-electron chi connectivity index (χ2n) is 7.71. The lowest BCUT2D eigenvalue weighted by atomic mass is 10.2. The van der Waals surface area contributed by atoms with Gasteiger partial charge in [-0.25, -0.2) is 4.79 Å². The maximum absolute atomic E-state index is 12.0. The Kier molecular flexibility index (Phi) is 12.7. The topological polar surface area (TPSA) is 109 Å². The summed E-state index contributed by atoms with van der Waals surface area (Å²) in [7, 11) is -3.73. The molecule has 0 fully saturated rings. The molecule has 0 atom stereocenters. The molecule has 0 saturated heterocycles. The molecule has 1 aromatic carbocycles. The molecule has 0 radical (unpaired) electrons. The summed E-state index contributed by atoms with van der Waals surface area (Å²) in [5.41, 5.74) is 0.462. The molecule has 0 spiro atoms. The first kappa shape index (κ1) is 27.3. The van der Waals surface area contributed by atoms with E-state index in [9.17, 15) is 13.2 Å². The summed E-state index contributed by atoms with van der Waals surface area (Å²) in [4.78, 5) is 11.6. The van der Waals surface area contributed by atoms with Gasteiger partial charge in [-0.05, 0) is 46.2 Å². The smallest absolute Gasteiger partial charge is 0.407 e. The summed E-state index contributed by atoms with van der Waals surface area (Å²) in [6.45, 7) is 10.1. The number of amides is 1. The van der Waals surface area contributed by atoms with Crippen LogP contribution in [-0.4, -0.2) is 72.9 Å². The van der Waals surface area contributed by atoms with Gasteiger partial charge in [-0.3, -0.25) is 4.18 Å². The van der Waals surface area contributed by atoms with E-state index >= 15 is 0 Å². The summed E-state index contributed by atoms with van der Waals surface area (Å²) in [6, 6.07) is 6.51. The fourth-order valence-corrected chi connectivity index (χ4v) is 3.13. The average Bonchev–Trinajstić information content (AvgIpc) is 2.67. The van der Waals surface area contributed by atoms with Gasteiger partial charge in [0.2, 0.25) is 0 Å². The molecule has 1 N–H and O–H groups in total. The molecule has 0 heterocycles. The van der Waals surface area contributed by atoms with Gasteiger partial charge in [0.25, 0.3) is 10.1 Å². The van der Waals surface area contributed by atoms with Crippen LogP contribution in [0.4, 0.5) is 4.79 Å². The molecule has 0 aliphatic carbocycles. The number of alkyl carbamates (subject to hydrolysis) is 1. The summed E-state index contributed by atoms with van der Waals surface area (Å²) in [6.07, 6.45) is -0.0126. The average molecular weight is 462 g/mol. The van der Waals surface area contributed by atoms with Crippen LogP contribution in [0.1, 0.15) is 32.8 Å². The maximum atomic E-state index is 12.0. The highest BCUT2D eigenvalue weighted by Crippen LogP contribution is 2.13. The van der Waals surface area contributed by atoms with Crippen molar-refractivity contribution in [3.05, 3.63) is 29.8 Å². The highest BCUT2D eigenvalue weighted by atomic mass is 32.2. The van der Waals surface area contributed by atoms with Crippen LogP contribution in [0.25, 0.3) is 0 Å². The van der Waals surface area contributed by atoms with Crippen molar-refractivity contribution in [1.29, 1.82) is 0 Å². The fourth-order valence-electron chi connectivity index (χ4n) is 2.18. The second-order valence-corrected chi connectivity index (χ2v) is 9.32. The highest BCUT2D eigenvalue weighted by molar-refractivity contribution is 7.86. The van der Waals surface area contributed by atoms with Crippen LogP contribution in [0.2, 0.25) is 0 Å². The minimum Gasteiger partial charge on any atom is -0.444 e. The van der Waals surface area contributed by atoms with Crippen molar-refractivity contribution < 1.29 is 36.3 Å². The molecule has 0 bridgehead atoms. The van der Waals surface area contributed by atoms with Gasteiger partial charge in [0.15, 0.2) is 0 Å². The first-order valence-electron chi connectivity index (χ1n) is 10.3. The molecule has 0 unspecified atom stereocenters. The van der Waals surface area contributed by atoms with Crippen molar-refractivity contribution in [2.24, 2.45) is 0 Å². The molecule has 9 nitrogen and oxygen atoms in total. The lowest BCUT2D eigenvalue weighted by molar-refractivity contribution is 0.0123. The SMILES string of the molecule is Cc1ccc(S(=O)(=O)OCCCOCCOCCOCCNC(=O)OC(C)(C)C)cc1. The summed E-state index contributed by atoms with van der Waals surface area (Å²) in [5, 5.41) is 2.60. The van der Waals surface area contributed by atoms with Crippen LogP contribution >= 0.6 is 0 Å². The van der Waals surface area contributed by atoms with Gasteiger partial charge >= 0.3 is 6.09 Å². The number of carbonyl (C=O) groups is 1. The Morgan fingerprint density at radius 1 is 0.871 bits per heavy atom. The number of hydrogen-bond donors (Lipinski definition) is 1. The normalized spacial score (nSPS) is 12.0. The number of benzene rings is 1. The van der Waals surface area contributed by atoms with E-state index in [1.165, 1.54) is 12.1 Å². The third-order valence-electron chi connectivity index (χ3n) is 3.64. The molecule has 0 aromatic heterocycles. The molecule has 0 aliphatic rings. The van der Waals surface area contributed by atoms with Crippen molar-refractivity contribution in [2.45, 2.75) is 44.6 Å². The van der Waals surface area contributed by atoms with Crippen LogP contribution in [-0.2, 0) is 33.2 Å². The van der Waals surface area contributed by atoms with E-state index in [-0.39, 0.29) is 11.5 Å². The van der Waals surface area contributed by atoms with E-state index < -0.39 is 21.8 Å². The lowest BCUT2D eigenvalue weighted by Gasteiger charge is -2.19. The number of rotatable bonds is 15. The van der Waals surface area contributed by atoms with Crippen molar-refractivity contribution in [2.75, 3.05) is 52.8 Å². The van der Waals surface area contributed by atoms with Crippen molar-refractivity contribution in [3.63, 3.8) is 0 Å². The predicted molar refractivity (Wildman–Crippen MR) is 116 cm³/mol. The van der Waals surface area contributed by atoms with Crippen molar-refractivity contribution >= 4 is 16.2 Å². The summed E-state index contributed by atoms with van der Waals surface area (Å²) in [5.74, 6) is 0. The first-order chi connectivity index (χ1) is 14.6. The molecule has 10 heteroatoms. The van der Waals surface area contributed by atoms with E-state index in [0.29, 0.717) is 52.6 Å². The highest BCUT2D eigenvalue weighted by Gasteiger charge is 2.15. The van der Waals surface area contributed by atoms with E-state index in [2.05, 4.69) is 5.32 Å². The third-order valence-corrected chi connectivity index (χ3v) is 4.97. The molecule has 1 aromatic rings. The number of ether oxygens (including phenoxy) is 4. The third kappa shape index (κ3) is 14.1. The Labute approximate surface area is 185 Å². The molecule has 0 aliphatic heterocycles. The zero-order valence-corrected chi connectivity index (χ0v) is 19.7. The monoisotopic (exact) mass is 461 g/mol. The number of hydrogen-bond acceptors (Lipinski definition) is 8. The minimum atomic E-state index is -3.73. The summed E-state index contributed by atoms with van der Waals surface area (Å²) < 4.78 is 50.2. The Balaban J connectivity index is 1.90. The van der Waals surface area contributed by atoms with Gasteiger partial charge in [-0.15, -0.1) is 0 Å². The van der Waals surface area contributed by atoms with Gasteiger partial charge < -0.3 is 24.3 Å². The van der Waals surface area contributed by atoms with Crippen LogP contribution in [0.3, 0.4) is 0 Å². The fraction of sp³-hybridized carbons (Fsp3) is 0.667. The molecule has 0 saturated carbocycles. The van der Waals surface area contributed by atoms with Crippen molar-refractivity contribution in [3.8, 4) is 0 Å². The molecular weight excluding hydrogens is 426 g/mol. The van der Waals surface area contributed by atoms with Crippen LogP contribution in [0.5, 0.6) is 0 Å². The predicted octanol–water partition coefficient (Wildman–Crippen LogP) is 2.66. The number of nitrogens with one attached hydrogen (secondary N) is 1. The zero-order valence-electron chi connectivity index (χ0n) is 18.8. The maximum Gasteiger partial charge on any atom is 0.407 e. The zero-order chi connectivity index (χ0) is 23.2. The number of aryl methyl sites for hydroxylation is 1. The Morgan fingerprint density at radius 2 is 1.42 bits per heavy atom. The Hall–Kier alpha value is -1.72. The van der Waals surface area contributed by atoms with E-state index in [1.54, 1.807) is 32.9 Å². The molecule has 178 valence electrons. The van der Waals surface area contributed by atoms with Crippen LogP contribution < -0.4 is 5.32 Å². The van der Waals surface area contributed by atoms with Crippen LogP contribution in [0, 0.1) is 6.92 Å². The van der Waals surface area contributed by atoms with Gasteiger partial charge in [-0.2, -0.15) is 8.42 Å². The van der Waals surface area contributed by atoms with Gasteiger partial charge in [0.05, 0.1) is 44.5 Å². The van der Waals surface area contributed by atoms with E-state index in [4.69, 9.17) is 23.1 Å². The van der Waals surface area contributed by atoms with Gasteiger partial charge in [0.1, 0.15) is 5.60 Å². The largest absolute Gasteiger partial charge is 0.444 e. The minimum absolute atomic E-state index is 0.0578. The van der Waals surface area contributed by atoms with Crippen molar-refractivity contribution in [1.82, 2.24) is 5.32 Å². The molecule has 1 amide bonds. The molecule has 31 heavy (non-hydrogen) atoms. The Morgan fingerprint density at radius 3 is 2.00 bits per heavy atom. The Bertz CT molecular complexity index is 729. The second kappa shape index (κ2) is 14.4. The van der Waals surface area contributed by atoms with Gasteiger partial charge in [-0.1, -0.05) is 17.7 Å². The summed E-state index contributed by atoms with van der Waals surface area (Å²) >= 11 is 0. The van der Waals surface area contributed by atoms with E-state index in [0.717, 1.165) is 5.56 Å². The lowest BCUT2D eigenvalue weighted by Crippen LogP contribution is -2.34. The quantitative estimate of drug-likeness (QED) is 0.314.